The van der Waals surface area contributed by atoms with Crippen LogP contribution in [0.5, 0.6) is 5.75 Å². The second kappa shape index (κ2) is 6.43. The Morgan fingerprint density at radius 1 is 1.48 bits per heavy atom. The summed E-state index contributed by atoms with van der Waals surface area (Å²) in [5.74, 6) is 0.661. The van der Waals surface area contributed by atoms with Crippen LogP contribution in [0.25, 0.3) is 0 Å². The van der Waals surface area contributed by atoms with Gasteiger partial charge in [-0.05, 0) is 24.8 Å². The fourth-order valence-electron chi connectivity index (χ4n) is 2.14. The third-order valence-electron chi connectivity index (χ3n) is 3.20. The van der Waals surface area contributed by atoms with Crippen LogP contribution in [0.15, 0.2) is 12.1 Å². The number of amides is 1. The molecule has 1 heterocycles. The van der Waals surface area contributed by atoms with E-state index < -0.39 is 4.92 Å². The molecule has 0 saturated heterocycles. The zero-order chi connectivity index (χ0) is 15.4. The second-order valence-corrected chi connectivity index (χ2v) is 5.42. The average Bonchev–Trinajstić information content (AvgIpc) is 2.42. The molecule has 114 valence electrons. The number of ether oxygens (including phenoxy) is 1. The lowest BCUT2D eigenvalue weighted by molar-refractivity contribution is -0.384. The van der Waals surface area contributed by atoms with Crippen molar-refractivity contribution in [3.8, 4) is 5.75 Å². The Balaban J connectivity index is 2.16. The quantitative estimate of drug-likeness (QED) is 0.478. The number of anilines is 2. The minimum atomic E-state index is -0.454. The lowest BCUT2D eigenvalue weighted by Gasteiger charge is -2.19. The largest absolute Gasteiger partial charge is 0.481 e. The molecule has 0 aromatic heterocycles. The van der Waals surface area contributed by atoms with Gasteiger partial charge in [0.1, 0.15) is 5.69 Å². The van der Waals surface area contributed by atoms with Crippen molar-refractivity contribution in [2.75, 3.05) is 23.8 Å². The topological polar surface area (TPSA) is 93.5 Å². The van der Waals surface area contributed by atoms with E-state index in [9.17, 15) is 14.9 Å². The average molecular weight is 293 g/mol. The summed E-state index contributed by atoms with van der Waals surface area (Å²) in [6.45, 7) is 4.79. The fourth-order valence-corrected chi connectivity index (χ4v) is 2.14. The van der Waals surface area contributed by atoms with E-state index >= 15 is 0 Å². The molecule has 0 aliphatic carbocycles. The van der Waals surface area contributed by atoms with Crippen molar-refractivity contribution < 1.29 is 14.5 Å². The van der Waals surface area contributed by atoms with Gasteiger partial charge in [-0.15, -0.1) is 0 Å². The molecule has 0 radical (unpaired) electrons. The molecule has 2 N–H and O–H groups in total. The summed E-state index contributed by atoms with van der Waals surface area (Å²) in [5.41, 5.74) is 0.811. The number of nitrogens with one attached hydrogen (secondary N) is 2. The summed E-state index contributed by atoms with van der Waals surface area (Å²) >= 11 is 0. The number of rotatable bonds is 6. The molecule has 1 aromatic carbocycles. The predicted octanol–water partition coefficient (Wildman–Crippen LogP) is 2.77. The molecule has 0 bridgehead atoms. The maximum Gasteiger partial charge on any atom is 0.296 e. The van der Waals surface area contributed by atoms with Crippen molar-refractivity contribution >= 4 is 23.0 Å². The SMILES string of the molecule is CC(C)CCCNc1cc2c(cc1[N+](=O)[O-])OCC(=O)N2. The van der Waals surface area contributed by atoms with E-state index in [1.807, 2.05) is 0 Å². The molecule has 1 amide bonds. The van der Waals surface area contributed by atoms with Crippen LogP contribution in [-0.2, 0) is 4.79 Å². The summed E-state index contributed by atoms with van der Waals surface area (Å²) in [5, 5.41) is 16.9. The number of hydrogen-bond donors (Lipinski definition) is 2. The van der Waals surface area contributed by atoms with Gasteiger partial charge in [0.15, 0.2) is 12.4 Å². The molecule has 0 spiro atoms. The number of nitrogens with zero attached hydrogens (tertiary/aromatic N) is 1. The van der Waals surface area contributed by atoms with Gasteiger partial charge in [0.2, 0.25) is 0 Å². The van der Waals surface area contributed by atoms with Gasteiger partial charge in [-0.25, -0.2) is 0 Å². The van der Waals surface area contributed by atoms with Crippen LogP contribution in [0.1, 0.15) is 26.7 Å². The third kappa shape index (κ3) is 3.84. The predicted molar refractivity (Wildman–Crippen MR) is 79.8 cm³/mol. The van der Waals surface area contributed by atoms with E-state index in [-0.39, 0.29) is 18.2 Å². The Morgan fingerprint density at radius 3 is 2.90 bits per heavy atom. The highest BCUT2D eigenvalue weighted by Gasteiger charge is 2.23. The van der Waals surface area contributed by atoms with Gasteiger partial charge in [-0.2, -0.15) is 0 Å². The van der Waals surface area contributed by atoms with Crippen molar-refractivity contribution in [3.05, 3.63) is 22.2 Å². The minimum absolute atomic E-state index is 0.0468. The highest BCUT2D eigenvalue weighted by atomic mass is 16.6. The van der Waals surface area contributed by atoms with E-state index in [4.69, 9.17) is 4.74 Å². The zero-order valence-electron chi connectivity index (χ0n) is 12.1. The first kappa shape index (κ1) is 15.1. The molecule has 2 rings (SSSR count). The summed E-state index contributed by atoms with van der Waals surface area (Å²) in [7, 11) is 0. The molecule has 21 heavy (non-hydrogen) atoms. The Morgan fingerprint density at radius 2 is 2.24 bits per heavy atom. The van der Waals surface area contributed by atoms with Crippen LogP contribution in [0.2, 0.25) is 0 Å². The van der Waals surface area contributed by atoms with Crippen LogP contribution in [0.3, 0.4) is 0 Å². The summed E-state index contributed by atoms with van der Waals surface area (Å²) in [6.07, 6.45) is 1.97. The van der Waals surface area contributed by atoms with Gasteiger partial charge < -0.3 is 15.4 Å². The van der Waals surface area contributed by atoms with Gasteiger partial charge in [-0.3, -0.25) is 14.9 Å². The number of benzene rings is 1. The molecule has 0 unspecified atom stereocenters. The lowest BCUT2D eigenvalue weighted by Crippen LogP contribution is -2.25. The Kier molecular flexibility index (Phi) is 4.62. The van der Waals surface area contributed by atoms with E-state index in [1.165, 1.54) is 6.07 Å². The van der Waals surface area contributed by atoms with E-state index in [0.29, 0.717) is 29.6 Å². The number of fused-ring (bicyclic) bond motifs is 1. The van der Waals surface area contributed by atoms with E-state index in [2.05, 4.69) is 24.5 Å². The molecule has 1 aromatic rings. The van der Waals surface area contributed by atoms with Gasteiger partial charge in [0.25, 0.3) is 11.6 Å². The number of carbonyl (C=O) groups is 1. The van der Waals surface area contributed by atoms with Gasteiger partial charge in [0.05, 0.1) is 16.7 Å². The van der Waals surface area contributed by atoms with Crippen molar-refractivity contribution in [2.24, 2.45) is 5.92 Å². The van der Waals surface area contributed by atoms with Crippen LogP contribution in [0.4, 0.5) is 17.1 Å². The molecular weight excluding hydrogens is 274 g/mol. The number of carbonyl (C=O) groups excluding carboxylic acids is 1. The summed E-state index contributed by atoms with van der Waals surface area (Å²) < 4.78 is 5.19. The Hall–Kier alpha value is -2.31. The number of nitro groups is 1. The maximum atomic E-state index is 11.3. The minimum Gasteiger partial charge on any atom is -0.481 e. The molecule has 7 heteroatoms. The van der Waals surface area contributed by atoms with E-state index in [0.717, 1.165) is 12.8 Å². The molecule has 0 fully saturated rings. The monoisotopic (exact) mass is 293 g/mol. The number of nitro benzene ring substituents is 1. The lowest BCUT2D eigenvalue weighted by atomic mass is 10.1. The molecule has 7 nitrogen and oxygen atoms in total. The van der Waals surface area contributed by atoms with Crippen molar-refractivity contribution in [1.82, 2.24) is 0 Å². The van der Waals surface area contributed by atoms with Crippen LogP contribution >= 0.6 is 0 Å². The summed E-state index contributed by atoms with van der Waals surface area (Å²) in [4.78, 5) is 22.0. The van der Waals surface area contributed by atoms with Crippen molar-refractivity contribution in [3.63, 3.8) is 0 Å². The summed E-state index contributed by atoms with van der Waals surface area (Å²) in [6, 6.07) is 2.90. The van der Waals surface area contributed by atoms with Gasteiger partial charge in [0, 0.05) is 6.54 Å². The fraction of sp³-hybridized carbons (Fsp3) is 0.500. The zero-order valence-corrected chi connectivity index (χ0v) is 12.1. The third-order valence-corrected chi connectivity index (χ3v) is 3.20. The van der Waals surface area contributed by atoms with Crippen LogP contribution in [0, 0.1) is 16.0 Å². The normalized spacial score (nSPS) is 13.4. The van der Waals surface area contributed by atoms with Crippen LogP contribution < -0.4 is 15.4 Å². The molecular formula is C14H19N3O4. The van der Waals surface area contributed by atoms with Gasteiger partial charge in [-0.1, -0.05) is 13.8 Å². The van der Waals surface area contributed by atoms with Crippen molar-refractivity contribution in [1.29, 1.82) is 0 Å². The van der Waals surface area contributed by atoms with Crippen LogP contribution in [-0.4, -0.2) is 24.0 Å². The van der Waals surface area contributed by atoms with Crippen molar-refractivity contribution in [2.45, 2.75) is 26.7 Å². The first-order valence-corrected chi connectivity index (χ1v) is 6.96. The first-order chi connectivity index (χ1) is 9.97. The van der Waals surface area contributed by atoms with Gasteiger partial charge >= 0.3 is 0 Å². The Labute approximate surface area is 122 Å². The number of hydrogen-bond acceptors (Lipinski definition) is 5. The standard InChI is InChI=1S/C14H19N3O4/c1-9(2)4-3-5-15-10-6-11-13(7-12(10)17(19)20)21-8-14(18)16-11/h6-7,9,15H,3-5,8H2,1-2H3,(H,16,18). The van der Waals surface area contributed by atoms with E-state index in [1.54, 1.807) is 6.07 Å². The smallest absolute Gasteiger partial charge is 0.296 e. The molecule has 1 aliphatic rings. The maximum absolute atomic E-state index is 11.3. The molecule has 0 saturated carbocycles. The first-order valence-electron chi connectivity index (χ1n) is 6.96. The molecule has 0 atom stereocenters. The Bertz CT molecular complexity index is 557. The highest BCUT2D eigenvalue weighted by molar-refractivity contribution is 5.96. The highest BCUT2D eigenvalue weighted by Crippen LogP contribution is 2.37. The molecule has 1 aliphatic heterocycles. The second-order valence-electron chi connectivity index (χ2n) is 5.42.